The van der Waals surface area contributed by atoms with Gasteiger partial charge in [-0.15, -0.1) is 0 Å². The van der Waals surface area contributed by atoms with Gasteiger partial charge in [-0.2, -0.15) is 0 Å². The molecule has 1 aliphatic rings. The lowest BCUT2D eigenvalue weighted by atomic mass is 9.80. The van der Waals surface area contributed by atoms with Crippen molar-refractivity contribution in [1.29, 1.82) is 0 Å². The highest BCUT2D eigenvalue weighted by Crippen LogP contribution is 2.47. The molecule has 1 aromatic rings. The molecule has 0 atom stereocenters. The number of fused-ring (bicyclic) bond motifs is 1. The second-order valence-electron chi connectivity index (χ2n) is 6.32. The molecule has 0 aromatic heterocycles. The summed E-state index contributed by atoms with van der Waals surface area (Å²) in [5.74, 6) is 1.28. The van der Waals surface area contributed by atoms with Crippen LogP contribution in [0.5, 0.6) is 11.5 Å². The lowest BCUT2D eigenvalue weighted by Gasteiger charge is -2.23. The van der Waals surface area contributed by atoms with Crippen molar-refractivity contribution in [2.45, 2.75) is 45.4 Å². The van der Waals surface area contributed by atoms with Gasteiger partial charge >= 0.3 is 5.97 Å². The van der Waals surface area contributed by atoms with E-state index in [0.29, 0.717) is 5.75 Å². The standard InChI is InChI=1S/C15H20O3/c1-14(2,3)10-7-9(17-6)8-11-12(10)18-13(16)15(11,4)5/h7-8H,1-6H3. The van der Waals surface area contributed by atoms with Gasteiger partial charge in [0.1, 0.15) is 11.5 Å². The van der Waals surface area contributed by atoms with E-state index in [1.807, 2.05) is 26.0 Å². The molecule has 2 rings (SSSR count). The van der Waals surface area contributed by atoms with Crippen LogP contribution in [-0.2, 0) is 15.6 Å². The average Bonchev–Trinajstić information content (AvgIpc) is 2.48. The van der Waals surface area contributed by atoms with Gasteiger partial charge in [-0.1, -0.05) is 20.8 Å². The summed E-state index contributed by atoms with van der Waals surface area (Å²) in [6.45, 7) is 10.1. The Morgan fingerprint density at radius 1 is 1.22 bits per heavy atom. The van der Waals surface area contributed by atoms with E-state index >= 15 is 0 Å². The SMILES string of the molecule is COc1cc(C(C)(C)C)c2c(c1)C(C)(C)C(=O)O2. The minimum absolute atomic E-state index is 0.0979. The summed E-state index contributed by atoms with van der Waals surface area (Å²) >= 11 is 0. The fourth-order valence-corrected chi connectivity index (χ4v) is 2.18. The van der Waals surface area contributed by atoms with Crippen LogP contribution in [0.15, 0.2) is 12.1 Å². The molecule has 0 radical (unpaired) electrons. The summed E-state index contributed by atoms with van der Waals surface area (Å²) in [6.07, 6.45) is 0. The summed E-state index contributed by atoms with van der Waals surface area (Å²) < 4.78 is 10.8. The molecular weight excluding hydrogens is 228 g/mol. The molecule has 0 N–H and O–H groups in total. The van der Waals surface area contributed by atoms with Gasteiger partial charge in [-0.05, 0) is 31.4 Å². The number of benzene rings is 1. The van der Waals surface area contributed by atoms with E-state index in [9.17, 15) is 4.79 Å². The molecule has 1 aromatic carbocycles. The van der Waals surface area contributed by atoms with E-state index in [-0.39, 0.29) is 11.4 Å². The van der Waals surface area contributed by atoms with Crippen LogP contribution >= 0.6 is 0 Å². The van der Waals surface area contributed by atoms with Crippen LogP contribution < -0.4 is 9.47 Å². The quantitative estimate of drug-likeness (QED) is 0.565. The summed E-state index contributed by atoms with van der Waals surface area (Å²) in [4.78, 5) is 12.0. The maximum atomic E-state index is 12.0. The number of carbonyl (C=O) groups is 1. The molecule has 3 heteroatoms. The first kappa shape index (κ1) is 12.9. The fourth-order valence-electron chi connectivity index (χ4n) is 2.18. The monoisotopic (exact) mass is 248 g/mol. The van der Waals surface area contributed by atoms with Crippen molar-refractivity contribution in [2.24, 2.45) is 0 Å². The minimum Gasteiger partial charge on any atom is -0.497 e. The third kappa shape index (κ3) is 1.78. The minimum atomic E-state index is -0.607. The van der Waals surface area contributed by atoms with Crippen molar-refractivity contribution >= 4 is 5.97 Å². The zero-order chi connectivity index (χ0) is 13.7. The van der Waals surface area contributed by atoms with Gasteiger partial charge in [0, 0.05) is 11.1 Å². The number of ether oxygens (including phenoxy) is 2. The first-order chi connectivity index (χ1) is 8.17. The van der Waals surface area contributed by atoms with Gasteiger partial charge in [0.2, 0.25) is 0 Å². The van der Waals surface area contributed by atoms with Crippen molar-refractivity contribution in [2.75, 3.05) is 7.11 Å². The molecule has 0 saturated carbocycles. The van der Waals surface area contributed by atoms with Gasteiger partial charge < -0.3 is 9.47 Å². The Kier molecular flexibility index (Phi) is 2.69. The Hall–Kier alpha value is -1.51. The summed E-state index contributed by atoms with van der Waals surface area (Å²) in [5, 5.41) is 0. The normalized spacial score (nSPS) is 17.3. The Morgan fingerprint density at radius 2 is 1.83 bits per heavy atom. The Balaban J connectivity index is 2.73. The smallest absolute Gasteiger partial charge is 0.321 e. The van der Waals surface area contributed by atoms with Crippen molar-refractivity contribution < 1.29 is 14.3 Å². The lowest BCUT2D eigenvalue weighted by Crippen LogP contribution is -2.25. The predicted molar refractivity (Wildman–Crippen MR) is 70.4 cm³/mol. The summed E-state index contributed by atoms with van der Waals surface area (Å²) in [7, 11) is 1.64. The van der Waals surface area contributed by atoms with Gasteiger partial charge in [0.15, 0.2) is 0 Å². The van der Waals surface area contributed by atoms with Gasteiger partial charge in [0.05, 0.1) is 12.5 Å². The van der Waals surface area contributed by atoms with Crippen LogP contribution in [0.2, 0.25) is 0 Å². The van der Waals surface area contributed by atoms with Crippen LogP contribution in [0.3, 0.4) is 0 Å². The highest BCUT2D eigenvalue weighted by molar-refractivity contribution is 5.90. The van der Waals surface area contributed by atoms with Crippen LogP contribution in [0.25, 0.3) is 0 Å². The highest BCUT2D eigenvalue weighted by Gasteiger charge is 2.43. The van der Waals surface area contributed by atoms with Crippen molar-refractivity contribution in [3.63, 3.8) is 0 Å². The van der Waals surface area contributed by atoms with Gasteiger partial charge in [0.25, 0.3) is 0 Å². The molecular formula is C15H20O3. The Morgan fingerprint density at radius 3 is 2.33 bits per heavy atom. The lowest BCUT2D eigenvalue weighted by molar-refractivity contribution is -0.137. The number of methoxy groups -OCH3 is 1. The van der Waals surface area contributed by atoms with E-state index < -0.39 is 5.41 Å². The second kappa shape index (κ2) is 3.74. The molecule has 98 valence electrons. The molecule has 1 heterocycles. The second-order valence-corrected chi connectivity index (χ2v) is 6.32. The summed E-state index contributed by atoms with van der Waals surface area (Å²) in [6, 6.07) is 3.85. The van der Waals surface area contributed by atoms with E-state index in [1.54, 1.807) is 7.11 Å². The molecule has 0 amide bonds. The van der Waals surface area contributed by atoms with E-state index in [2.05, 4.69) is 20.8 Å². The molecule has 3 nitrogen and oxygen atoms in total. The number of rotatable bonds is 1. The largest absolute Gasteiger partial charge is 0.497 e. The van der Waals surface area contributed by atoms with Crippen LogP contribution in [0.1, 0.15) is 45.7 Å². The topological polar surface area (TPSA) is 35.5 Å². The Labute approximate surface area is 108 Å². The predicted octanol–water partition coefficient (Wildman–Crippen LogP) is 3.19. The fraction of sp³-hybridized carbons (Fsp3) is 0.533. The van der Waals surface area contributed by atoms with E-state index in [4.69, 9.17) is 9.47 Å². The molecule has 0 aliphatic carbocycles. The molecule has 0 saturated heterocycles. The van der Waals surface area contributed by atoms with E-state index in [0.717, 1.165) is 16.9 Å². The van der Waals surface area contributed by atoms with Crippen molar-refractivity contribution in [3.8, 4) is 11.5 Å². The van der Waals surface area contributed by atoms with Crippen LogP contribution in [0, 0.1) is 0 Å². The van der Waals surface area contributed by atoms with Crippen molar-refractivity contribution in [3.05, 3.63) is 23.3 Å². The van der Waals surface area contributed by atoms with Crippen LogP contribution in [0.4, 0.5) is 0 Å². The summed E-state index contributed by atoms with van der Waals surface area (Å²) in [5.41, 5.74) is 1.22. The number of hydrogen-bond donors (Lipinski definition) is 0. The van der Waals surface area contributed by atoms with Gasteiger partial charge in [-0.3, -0.25) is 4.79 Å². The molecule has 0 unspecified atom stereocenters. The maximum absolute atomic E-state index is 12.0. The molecule has 0 bridgehead atoms. The number of carbonyl (C=O) groups excluding carboxylic acids is 1. The van der Waals surface area contributed by atoms with Gasteiger partial charge in [-0.25, -0.2) is 0 Å². The first-order valence-corrected chi connectivity index (χ1v) is 6.13. The molecule has 1 aliphatic heterocycles. The van der Waals surface area contributed by atoms with Crippen LogP contribution in [-0.4, -0.2) is 13.1 Å². The maximum Gasteiger partial charge on any atom is 0.321 e. The van der Waals surface area contributed by atoms with Crippen molar-refractivity contribution in [1.82, 2.24) is 0 Å². The van der Waals surface area contributed by atoms with E-state index in [1.165, 1.54) is 0 Å². The number of hydrogen-bond acceptors (Lipinski definition) is 3. The number of esters is 1. The molecule has 0 spiro atoms. The Bertz CT molecular complexity index is 507. The average molecular weight is 248 g/mol. The third-order valence-electron chi connectivity index (χ3n) is 3.48. The zero-order valence-electron chi connectivity index (χ0n) is 11.9. The zero-order valence-corrected chi connectivity index (χ0v) is 11.9. The molecule has 0 fully saturated rings. The highest BCUT2D eigenvalue weighted by atomic mass is 16.5. The third-order valence-corrected chi connectivity index (χ3v) is 3.48. The first-order valence-electron chi connectivity index (χ1n) is 6.13. The molecule has 18 heavy (non-hydrogen) atoms.